The third-order valence-electron chi connectivity index (χ3n) is 3.44. The number of hydrogen-bond acceptors (Lipinski definition) is 1. The van der Waals surface area contributed by atoms with Gasteiger partial charge in [0.15, 0.2) is 0 Å². The first-order valence-corrected chi connectivity index (χ1v) is 6.16. The van der Waals surface area contributed by atoms with Crippen molar-refractivity contribution >= 4 is 11.6 Å². The van der Waals surface area contributed by atoms with E-state index in [0.29, 0.717) is 5.92 Å². The summed E-state index contributed by atoms with van der Waals surface area (Å²) in [6.45, 7) is 4.51. The standard InChI is InChI=1S/C13H18ClN/c1-2-10-9-15-8-7-11(10)12-5-3-4-6-13(12)14/h3-6,10-11,15H,2,7-9H2,1H3. The van der Waals surface area contributed by atoms with Crippen LogP contribution in [0.3, 0.4) is 0 Å². The number of rotatable bonds is 2. The second-order valence-corrected chi connectivity index (χ2v) is 4.70. The van der Waals surface area contributed by atoms with Crippen LogP contribution in [0.5, 0.6) is 0 Å². The molecule has 0 saturated carbocycles. The van der Waals surface area contributed by atoms with Crippen LogP contribution < -0.4 is 5.32 Å². The topological polar surface area (TPSA) is 12.0 Å². The maximum Gasteiger partial charge on any atom is 0.0440 e. The first-order chi connectivity index (χ1) is 7.33. The monoisotopic (exact) mass is 223 g/mol. The minimum Gasteiger partial charge on any atom is -0.316 e. The Bertz CT molecular complexity index is 324. The van der Waals surface area contributed by atoms with Crippen LogP contribution in [0.4, 0.5) is 0 Å². The molecule has 0 aromatic heterocycles. The predicted molar refractivity (Wildman–Crippen MR) is 65.5 cm³/mol. The third-order valence-corrected chi connectivity index (χ3v) is 3.78. The maximum atomic E-state index is 6.26. The van der Waals surface area contributed by atoms with Crippen molar-refractivity contribution in [1.29, 1.82) is 0 Å². The van der Waals surface area contributed by atoms with Crippen molar-refractivity contribution in [3.05, 3.63) is 34.9 Å². The van der Waals surface area contributed by atoms with Crippen LogP contribution in [0.15, 0.2) is 24.3 Å². The molecule has 1 fully saturated rings. The Hall–Kier alpha value is -0.530. The SMILES string of the molecule is CCC1CNCCC1c1ccccc1Cl. The van der Waals surface area contributed by atoms with Gasteiger partial charge in [-0.05, 0) is 43.0 Å². The van der Waals surface area contributed by atoms with E-state index in [9.17, 15) is 0 Å². The smallest absolute Gasteiger partial charge is 0.0440 e. The van der Waals surface area contributed by atoms with E-state index in [-0.39, 0.29) is 0 Å². The minimum absolute atomic E-state index is 0.643. The van der Waals surface area contributed by atoms with Crippen LogP contribution in [0, 0.1) is 5.92 Å². The van der Waals surface area contributed by atoms with Gasteiger partial charge < -0.3 is 5.32 Å². The molecule has 2 atom stereocenters. The normalized spacial score (nSPS) is 26.5. The van der Waals surface area contributed by atoms with Crippen molar-refractivity contribution in [1.82, 2.24) is 5.32 Å². The summed E-state index contributed by atoms with van der Waals surface area (Å²) in [6.07, 6.45) is 2.44. The van der Waals surface area contributed by atoms with Gasteiger partial charge >= 0.3 is 0 Å². The van der Waals surface area contributed by atoms with E-state index in [1.54, 1.807) is 0 Å². The summed E-state index contributed by atoms with van der Waals surface area (Å²) in [5, 5.41) is 4.40. The first-order valence-electron chi connectivity index (χ1n) is 5.78. The van der Waals surface area contributed by atoms with Crippen LogP contribution in [0.25, 0.3) is 0 Å². The van der Waals surface area contributed by atoms with Crippen LogP contribution in [0.2, 0.25) is 5.02 Å². The van der Waals surface area contributed by atoms with E-state index in [4.69, 9.17) is 11.6 Å². The molecule has 2 heteroatoms. The second kappa shape index (κ2) is 5.00. The molecule has 0 radical (unpaired) electrons. The van der Waals surface area contributed by atoms with Gasteiger partial charge in [-0.25, -0.2) is 0 Å². The molecule has 1 nitrogen and oxygen atoms in total. The van der Waals surface area contributed by atoms with Crippen molar-refractivity contribution < 1.29 is 0 Å². The summed E-state index contributed by atoms with van der Waals surface area (Å²) in [5.41, 5.74) is 1.34. The lowest BCUT2D eigenvalue weighted by Gasteiger charge is -2.32. The number of benzene rings is 1. The molecule has 2 unspecified atom stereocenters. The molecular weight excluding hydrogens is 206 g/mol. The van der Waals surface area contributed by atoms with Crippen molar-refractivity contribution in [3.63, 3.8) is 0 Å². The average Bonchev–Trinajstić information content (AvgIpc) is 2.30. The molecule has 82 valence electrons. The highest BCUT2D eigenvalue weighted by Gasteiger charge is 2.25. The van der Waals surface area contributed by atoms with E-state index in [2.05, 4.69) is 24.4 Å². The van der Waals surface area contributed by atoms with Crippen molar-refractivity contribution in [2.24, 2.45) is 5.92 Å². The van der Waals surface area contributed by atoms with E-state index < -0.39 is 0 Å². The Morgan fingerprint density at radius 1 is 1.40 bits per heavy atom. The lowest BCUT2D eigenvalue weighted by atomic mass is 9.80. The van der Waals surface area contributed by atoms with Gasteiger partial charge in [-0.15, -0.1) is 0 Å². The Balaban J connectivity index is 2.24. The van der Waals surface area contributed by atoms with Crippen LogP contribution >= 0.6 is 11.6 Å². The lowest BCUT2D eigenvalue weighted by Crippen LogP contribution is -2.35. The maximum absolute atomic E-state index is 6.26. The second-order valence-electron chi connectivity index (χ2n) is 4.29. The molecule has 0 spiro atoms. The molecule has 2 rings (SSSR count). The molecule has 15 heavy (non-hydrogen) atoms. The third kappa shape index (κ3) is 2.35. The van der Waals surface area contributed by atoms with Gasteiger partial charge in [0.25, 0.3) is 0 Å². The summed E-state index contributed by atoms with van der Waals surface area (Å²) in [6, 6.07) is 8.29. The molecule has 1 N–H and O–H groups in total. The van der Waals surface area contributed by atoms with Gasteiger partial charge in [0.05, 0.1) is 0 Å². The molecule has 1 aromatic carbocycles. The van der Waals surface area contributed by atoms with E-state index in [1.165, 1.54) is 18.4 Å². The quantitative estimate of drug-likeness (QED) is 0.810. The predicted octanol–water partition coefficient (Wildman–Crippen LogP) is 3.44. The van der Waals surface area contributed by atoms with Crippen molar-refractivity contribution in [3.8, 4) is 0 Å². The fraction of sp³-hybridized carbons (Fsp3) is 0.538. The lowest BCUT2D eigenvalue weighted by molar-refractivity contribution is 0.318. The molecule has 0 aliphatic carbocycles. The largest absolute Gasteiger partial charge is 0.316 e. The van der Waals surface area contributed by atoms with Crippen LogP contribution in [0.1, 0.15) is 31.2 Å². The molecule has 0 amide bonds. The molecule has 1 saturated heterocycles. The van der Waals surface area contributed by atoms with Gasteiger partial charge in [0, 0.05) is 5.02 Å². The highest BCUT2D eigenvalue weighted by atomic mass is 35.5. The highest BCUT2D eigenvalue weighted by Crippen LogP contribution is 2.35. The van der Waals surface area contributed by atoms with Gasteiger partial charge in [-0.3, -0.25) is 0 Å². The first kappa shape index (κ1) is 11.0. The molecule has 1 aliphatic heterocycles. The summed E-state index contributed by atoms with van der Waals surface area (Å²) in [5.74, 6) is 1.38. The molecular formula is C13H18ClN. The van der Waals surface area contributed by atoms with E-state index >= 15 is 0 Å². The molecule has 1 aromatic rings. The summed E-state index contributed by atoms with van der Waals surface area (Å²) < 4.78 is 0. The van der Waals surface area contributed by atoms with Gasteiger partial charge in [-0.2, -0.15) is 0 Å². The van der Waals surface area contributed by atoms with Gasteiger partial charge in [0.1, 0.15) is 0 Å². The number of hydrogen-bond donors (Lipinski definition) is 1. The zero-order chi connectivity index (χ0) is 10.7. The molecule has 0 bridgehead atoms. The number of piperidine rings is 1. The van der Waals surface area contributed by atoms with Crippen molar-refractivity contribution in [2.45, 2.75) is 25.7 Å². The Kier molecular flexibility index (Phi) is 3.66. The highest BCUT2D eigenvalue weighted by molar-refractivity contribution is 6.31. The molecule has 1 heterocycles. The summed E-state index contributed by atoms with van der Waals surface area (Å²) in [4.78, 5) is 0. The van der Waals surface area contributed by atoms with E-state index in [1.807, 2.05) is 12.1 Å². The molecule has 1 aliphatic rings. The number of halogens is 1. The van der Waals surface area contributed by atoms with E-state index in [0.717, 1.165) is 24.0 Å². The van der Waals surface area contributed by atoms with Crippen LogP contribution in [-0.2, 0) is 0 Å². The van der Waals surface area contributed by atoms with Crippen molar-refractivity contribution in [2.75, 3.05) is 13.1 Å². The summed E-state index contributed by atoms with van der Waals surface area (Å²) >= 11 is 6.26. The van der Waals surface area contributed by atoms with Crippen LogP contribution in [-0.4, -0.2) is 13.1 Å². The Morgan fingerprint density at radius 2 is 2.20 bits per heavy atom. The Morgan fingerprint density at radius 3 is 2.93 bits per heavy atom. The summed E-state index contributed by atoms with van der Waals surface area (Å²) in [7, 11) is 0. The fourth-order valence-electron chi connectivity index (χ4n) is 2.54. The minimum atomic E-state index is 0.643. The zero-order valence-electron chi connectivity index (χ0n) is 9.17. The fourth-order valence-corrected chi connectivity index (χ4v) is 2.81. The average molecular weight is 224 g/mol. The zero-order valence-corrected chi connectivity index (χ0v) is 9.93. The van der Waals surface area contributed by atoms with Gasteiger partial charge in [0.2, 0.25) is 0 Å². The Labute approximate surface area is 96.8 Å². The number of nitrogens with one attached hydrogen (secondary N) is 1. The van der Waals surface area contributed by atoms with Gasteiger partial charge in [-0.1, -0.05) is 43.1 Å².